The molecule has 3 heterocycles. The smallest absolute Gasteiger partial charge is 0.246 e. The molecule has 0 amide bonds. The number of rotatable bonds is 4. The summed E-state index contributed by atoms with van der Waals surface area (Å²) < 4.78 is 34.3. The van der Waals surface area contributed by atoms with Gasteiger partial charge in [0.15, 0.2) is 5.76 Å². The van der Waals surface area contributed by atoms with Gasteiger partial charge in [-0.3, -0.25) is 4.68 Å². The topological polar surface area (TPSA) is 81.2 Å². The van der Waals surface area contributed by atoms with Gasteiger partial charge in [-0.05, 0) is 33.6 Å². The fourth-order valence-corrected chi connectivity index (χ4v) is 4.97. The summed E-state index contributed by atoms with van der Waals surface area (Å²) in [4.78, 5) is 0.329. The highest BCUT2D eigenvalue weighted by atomic mass is 32.2. The van der Waals surface area contributed by atoms with Crippen LogP contribution in [0, 0.1) is 20.8 Å². The molecule has 0 spiro atoms. The number of aryl methyl sites for hydroxylation is 2. The van der Waals surface area contributed by atoms with Gasteiger partial charge in [-0.2, -0.15) is 9.40 Å². The van der Waals surface area contributed by atoms with E-state index in [9.17, 15) is 8.42 Å². The van der Waals surface area contributed by atoms with Crippen LogP contribution in [0.5, 0.6) is 0 Å². The van der Waals surface area contributed by atoms with Gasteiger partial charge in [0.25, 0.3) is 0 Å². The average molecular weight is 338 g/mol. The van der Waals surface area contributed by atoms with Crippen molar-refractivity contribution in [2.75, 3.05) is 13.1 Å². The van der Waals surface area contributed by atoms with E-state index in [1.165, 1.54) is 0 Å². The van der Waals surface area contributed by atoms with E-state index in [2.05, 4.69) is 10.3 Å². The third-order valence-electron chi connectivity index (χ3n) is 4.21. The quantitative estimate of drug-likeness (QED) is 0.852. The van der Waals surface area contributed by atoms with Crippen LogP contribution in [0.25, 0.3) is 0 Å². The molecular formula is C15H22N4O3S. The number of aromatic nitrogens is 3. The fraction of sp³-hybridized carbons (Fsp3) is 0.600. The molecule has 1 aliphatic heterocycles. The summed E-state index contributed by atoms with van der Waals surface area (Å²) in [6.07, 6.45) is 2.93. The summed E-state index contributed by atoms with van der Waals surface area (Å²) in [6.45, 7) is 6.94. The molecule has 8 heteroatoms. The predicted molar refractivity (Wildman–Crippen MR) is 84.7 cm³/mol. The number of piperidine rings is 1. The molecular weight excluding hydrogens is 316 g/mol. The van der Waals surface area contributed by atoms with Gasteiger partial charge in [0.05, 0.1) is 17.1 Å². The molecule has 126 valence electrons. The van der Waals surface area contributed by atoms with Crippen LogP contribution in [0.4, 0.5) is 0 Å². The van der Waals surface area contributed by atoms with E-state index in [-0.39, 0.29) is 0 Å². The van der Waals surface area contributed by atoms with E-state index in [1.54, 1.807) is 22.8 Å². The first-order valence-corrected chi connectivity index (χ1v) is 9.30. The maximum atomic E-state index is 12.9. The zero-order valence-corrected chi connectivity index (χ0v) is 14.6. The van der Waals surface area contributed by atoms with Crippen LogP contribution < -0.4 is 0 Å². The molecule has 2 aromatic rings. The van der Waals surface area contributed by atoms with E-state index in [4.69, 9.17) is 4.52 Å². The van der Waals surface area contributed by atoms with E-state index in [0.717, 1.165) is 25.0 Å². The monoisotopic (exact) mass is 338 g/mol. The minimum atomic E-state index is -3.49. The Morgan fingerprint density at radius 1 is 1.17 bits per heavy atom. The van der Waals surface area contributed by atoms with Gasteiger partial charge >= 0.3 is 0 Å². The molecule has 7 nitrogen and oxygen atoms in total. The van der Waals surface area contributed by atoms with E-state index in [0.29, 0.717) is 41.7 Å². The minimum absolute atomic E-state index is 0.329. The van der Waals surface area contributed by atoms with Crippen LogP contribution in [0.1, 0.15) is 42.1 Å². The number of sulfonamides is 1. The van der Waals surface area contributed by atoms with Crippen molar-refractivity contribution in [1.82, 2.24) is 19.2 Å². The van der Waals surface area contributed by atoms with Crippen LogP contribution in [-0.2, 0) is 16.6 Å². The highest BCUT2D eigenvalue weighted by Gasteiger charge is 2.31. The van der Waals surface area contributed by atoms with Crippen molar-refractivity contribution in [3.63, 3.8) is 0 Å². The molecule has 0 aromatic carbocycles. The second kappa shape index (κ2) is 6.09. The van der Waals surface area contributed by atoms with E-state index < -0.39 is 10.0 Å². The third-order valence-corrected chi connectivity index (χ3v) is 6.36. The fourth-order valence-electron chi connectivity index (χ4n) is 3.08. The molecule has 2 aromatic heterocycles. The predicted octanol–water partition coefficient (Wildman–Crippen LogP) is 2.02. The molecule has 0 atom stereocenters. The summed E-state index contributed by atoms with van der Waals surface area (Å²) in [6, 6.07) is 1.83. The van der Waals surface area contributed by atoms with Crippen LogP contribution in [0.2, 0.25) is 0 Å². The molecule has 1 saturated heterocycles. The van der Waals surface area contributed by atoms with Gasteiger partial charge in [0.1, 0.15) is 11.4 Å². The molecule has 0 unspecified atom stereocenters. The summed E-state index contributed by atoms with van der Waals surface area (Å²) in [5, 5.41) is 8.25. The second-order valence-corrected chi connectivity index (χ2v) is 7.93. The van der Waals surface area contributed by atoms with Gasteiger partial charge in [0, 0.05) is 19.2 Å². The first-order chi connectivity index (χ1) is 10.9. The normalized spacial score (nSPS) is 16.8. The third kappa shape index (κ3) is 3.05. The number of hydrogen-bond acceptors (Lipinski definition) is 5. The van der Waals surface area contributed by atoms with Gasteiger partial charge in [0.2, 0.25) is 10.0 Å². The lowest BCUT2D eigenvalue weighted by Crippen LogP contribution is -2.36. The van der Waals surface area contributed by atoms with Crippen LogP contribution in [-0.4, -0.2) is 40.7 Å². The molecule has 23 heavy (non-hydrogen) atoms. The average Bonchev–Trinajstić information content (AvgIpc) is 3.04. The van der Waals surface area contributed by atoms with Gasteiger partial charge < -0.3 is 4.52 Å². The van der Waals surface area contributed by atoms with Crippen molar-refractivity contribution < 1.29 is 12.9 Å². The SMILES string of the molecule is Cc1cc(Cn2nc(C)c(S(=O)(=O)N3CCCCC3)c2C)on1. The Kier molecular flexibility index (Phi) is 4.29. The lowest BCUT2D eigenvalue weighted by atomic mass is 10.2. The second-order valence-electron chi connectivity index (χ2n) is 6.06. The molecule has 3 rings (SSSR count). The highest BCUT2D eigenvalue weighted by Crippen LogP contribution is 2.26. The largest absolute Gasteiger partial charge is 0.359 e. The molecule has 0 bridgehead atoms. The Labute approximate surface area is 136 Å². The summed E-state index contributed by atoms with van der Waals surface area (Å²) in [7, 11) is -3.49. The van der Waals surface area contributed by atoms with Crippen LogP contribution >= 0.6 is 0 Å². The zero-order chi connectivity index (χ0) is 16.6. The molecule has 1 fully saturated rings. The lowest BCUT2D eigenvalue weighted by molar-refractivity contribution is 0.346. The van der Waals surface area contributed by atoms with Crippen molar-refractivity contribution in [1.29, 1.82) is 0 Å². The van der Waals surface area contributed by atoms with Crippen LogP contribution in [0.15, 0.2) is 15.5 Å². The van der Waals surface area contributed by atoms with Crippen LogP contribution in [0.3, 0.4) is 0 Å². The zero-order valence-electron chi connectivity index (χ0n) is 13.7. The maximum Gasteiger partial charge on any atom is 0.246 e. The Balaban J connectivity index is 1.94. The highest BCUT2D eigenvalue weighted by molar-refractivity contribution is 7.89. The number of hydrogen-bond donors (Lipinski definition) is 0. The molecule has 0 saturated carbocycles. The van der Waals surface area contributed by atoms with Gasteiger partial charge in [-0.1, -0.05) is 11.6 Å². The van der Waals surface area contributed by atoms with Crippen molar-refractivity contribution in [3.8, 4) is 0 Å². The maximum absolute atomic E-state index is 12.9. The van der Waals surface area contributed by atoms with E-state index in [1.807, 2.05) is 13.0 Å². The van der Waals surface area contributed by atoms with Gasteiger partial charge in [-0.25, -0.2) is 8.42 Å². The lowest BCUT2D eigenvalue weighted by Gasteiger charge is -2.25. The summed E-state index contributed by atoms with van der Waals surface area (Å²) in [5.41, 5.74) is 1.97. The van der Waals surface area contributed by atoms with Crippen molar-refractivity contribution in [3.05, 3.63) is 28.9 Å². The Hall–Kier alpha value is -1.67. The molecule has 0 aliphatic carbocycles. The molecule has 1 aliphatic rings. The van der Waals surface area contributed by atoms with Crippen molar-refractivity contribution >= 4 is 10.0 Å². The first-order valence-electron chi connectivity index (χ1n) is 7.86. The Morgan fingerprint density at radius 2 is 1.87 bits per heavy atom. The minimum Gasteiger partial charge on any atom is -0.359 e. The molecule has 0 N–H and O–H groups in total. The summed E-state index contributed by atoms with van der Waals surface area (Å²) >= 11 is 0. The van der Waals surface area contributed by atoms with Crippen molar-refractivity contribution in [2.45, 2.75) is 51.5 Å². The Bertz CT molecular complexity index is 801. The standard InChI is InChI=1S/C15H22N4O3S/c1-11-9-14(22-17-11)10-19-13(3)15(12(2)16-19)23(20,21)18-7-5-4-6-8-18/h9H,4-8,10H2,1-3H3. The van der Waals surface area contributed by atoms with Crippen molar-refractivity contribution in [2.24, 2.45) is 0 Å². The first kappa shape index (κ1) is 16.2. The number of nitrogens with zero attached hydrogens (tertiary/aromatic N) is 4. The summed E-state index contributed by atoms with van der Waals surface area (Å²) in [5.74, 6) is 0.662. The Morgan fingerprint density at radius 3 is 2.48 bits per heavy atom. The van der Waals surface area contributed by atoms with Gasteiger partial charge in [-0.15, -0.1) is 0 Å². The van der Waals surface area contributed by atoms with E-state index >= 15 is 0 Å². The molecule has 0 radical (unpaired) electrons.